The molecule has 1 aliphatic carbocycles. The third-order valence-electron chi connectivity index (χ3n) is 4.89. The predicted molar refractivity (Wildman–Crippen MR) is 93.6 cm³/mol. The van der Waals surface area contributed by atoms with E-state index in [1.54, 1.807) is 12.5 Å². The van der Waals surface area contributed by atoms with Crippen LogP contribution < -0.4 is 4.90 Å². The van der Waals surface area contributed by atoms with Crippen LogP contribution in [0.15, 0.2) is 41.1 Å². The number of carbonyl (C=O) groups is 1. The Morgan fingerprint density at radius 2 is 2.12 bits per heavy atom. The summed E-state index contributed by atoms with van der Waals surface area (Å²) in [6, 6.07) is 7.83. The molecule has 2 fully saturated rings. The Hall–Kier alpha value is -2.34. The lowest BCUT2D eigenvalue weighted by molar-refractivity contribution is 0.0646. The molecule has 0 bridgehead atoms. The summed E-state index contributed by atoms with van der Waals surface area (Å²) in [5, 5.41) is 0. The Labute approximate surface area is 147 Å². The van der Waals surface area contributed by atoms with Gasteiger partial charge in [0.05, 0.1) is 25.5 Å². The van der Waals surface area contributed by atoms with E-state index < -0.39 is 0 Å². The zero-order valence-corrected chi connectivity index (χ0v) is 14.4. The molecular formula is C19H23N3O3. The van der Waals surface area contributed by atoms with Gasteiger partial charge in [0.2, 0.25) is 0 Å². The predicted octanol–water partition coefficient (Wildman–Crippen LogP) is 2.88. The van der Waals surface area contributed by atoms with E-state index in [-0.39, 0.29) is 18.0 Å². The van der Waals surface area contributed by atoms with E-state index in [2.05, 4.69) is 9.88 Å². The summed E-state index contributed by atoms with van der Waals surface area (Å²) in [4.78, 5) is 21.7. The van der Waals surface area contributed by atoms with Crippen molar-refractivity contribution in [3.05, 3.63) is 48.2 Å². The molecule has 3 heterocycles. The number of nitrogens with zero attached hydrogens (tertiary/aromatic N) is 3. The Balaban J connectivity index is 1.58. The summed E-state index contributed by atoms with van der Waals surface area (Å²) < 4.78 is 10.9. The number of carbonyl (C=O) groups excluding carboxylic acids is 1. The maximum Gasteiger partial charge on any atom is 0.273 e. The van der Waals surface area contributed by atoms with E-state index in [4.69, 9.17) is 9.15 Å². The number of hydrogen-bond acceptors (Lipinski definition) is 5. The number of aromatic nitrogens is 1. The van der Waals surface area contributed by atoms with Gasteiger partial charge in [-0.15, -0.1) is 0 Å². The van der Waals surface area contributed by atoms with E-state index >= 15 is 0 Å². The summed E-state index contributed by atoms with van der Waals surface area (Å²) >= 11 is 0. The first-order chi connectivity index (χ1) is 12.2. The second kappa shape index (κ2) is 6.88. The summed E-state index contributed by atoms with van der Waals surface area (Å²) in [6.45, 7) is 5.13. The van der Waals surface area contributed by atoms with Crippen molar-refractivity contribution in [2.75, 3.05) is 31.2 Å². The van der Waals surface area contributed by atoms with Gasteiger partial charge in [-0.05, 0) is 44.0 Å². The van der Waals surface area contributed by atoms with Crippen LogP contribution in [0.5, 0.6) is 0 Å². The smallest absolute Gasteiger partial charge is 0.273 e. The molecule has 1 saturated heterocycles. The maximum absolute atomic E-state index is 13.2. The molecule has 4 rings (SSSR count). The van der Waals surface area contributed by atoms with Crippen molar-refractivity contribution < 1.29 is 13.9 Å². The molecule has 0 aromatic carbocycles. The summed E-state index contributed by atoms with van der Waals surface area (Å²) in [5.74, 6) is 0.783. The number of anilines is 1. The second-order valence-electron chi connectivity index (χ2n) is 6.63. The van der Waals surface area contributed by atoms with Gasteiger partial charge >= 0.3 is 0 Å². The Morgan fingerprint density at radius 3 is 2.80 bits per heavy atom. The second-order valence-corrected chi connectivity index (χ2v) is 6.63. The summed E-state index contributed by atoms with van der Waals surface area (Å²) in [6.07, 6.45) is 5.46. The SMILES string of the molecule is C[C@H](c1ccco1)N(C(=O)c1cc(N2CCOCC2)ccn1)C1CC1. The number of ether oxygens (including phenoxy) is 1. The van der Waals surface area contributed by atoms with Gasteiger partial charge in [-0.25, -0.2) is 0 Å². The quantitative estimate of drug-likeness (QED) is 0.837. The highest BCUT2D eigenvalue weighted by Gasteiger charge is 2.38. The topological polar surface area (TPSA) is 58.8 Å². The minimum atomic E-state index is -0.0937. The van der Waals surface area contributed by atoms with Crippen LogP contribution in [0.3, 0.4) is 0 Å². The number of amides is 1. The molecule has 1 aliphatic heterocycles. The van der Waals surface area contributed by atoms with E-state index in [9.17, 15) is 4.79 Å². The van der Waals surface area contributed by atoms with Crippen molar-refractivity contribution >= 4 is 11.6 Å². The molecule has 25 heavy (non-hydrogen) atoms. The van der Waals surface area contributed by atoms with Crippen LogP contribution in [-0.4, -0.2) is 48.1 Å². The highest BCUT2D eigenvalue weighted by molar-refractivity contribution is 5.93. The zero-order valence-electron chi connectivity index (χ0n) is 14.4. The van der Waals surface area contributed by atoms with Crippen LogP contribution >= 0.6 is 0 Å². The summed E-state index contributed by atoms with van der Waals surface area (Å²) in [5.41, 5.74) is 1.53. The normalized spacial score (nSPS) is 18.8. The molecule has 6 heteroatoms. The Bertz CT molecular complexity index is 721. The Kier molecular flexibility index (Phi) is 4.44. The minimum Gasteiger partial charge on any atom is -0.467 e. The first kappa shape index (κ1) is 16.1. The van der Waals surface area contributed by atoms with Gasteiger partial charge in [-0.2, -0.15) is 0 Å². The van der Waals surface area contributed by atoms with Crippen molar-refractivity contribution in [3.63, 3.8) is 0 Å². The number of rotatable bonds is 5. The first-order valence-corrected chi connectivity index (χ1v) is 8.89. The molecule has 6 nitrogen and oxygen atoms in total. The van der Waals surface area contributed by atoms with Gasteiger partial charge < -0.3 is 19.0 Å². The molecule has 0 unspecified atom stereocenters. The average molecular weight is 341 g/mol. The average Bonchev–Trinajstić information content (AvgIpc) is 3.34. The van der Waals surface area contributed by atoms with E-state index in [0.29, 0.717) is 5.69 Å². The van der Waals surface area contributed by atoms with Gasteiger partial charge in [-0.1, -0.05) is 0 Å². The Morgan fingerprint density at radius 1 is 1.32 bits per heavy atom. The van der Waals surface area contributed by atoms with Crippen molar-refractivity contribution in [1.82, 2.24) is 9.88 Å². The van der Waals surface area contributed by atoms with Crippen LogP contribution in [0.25, 0.3) is 0 Å². The standard InChI is InChI=1S/C19H23N3O3/c1-14(18-3-2-10-25-18)22(15-4-5-15)19(23)17-13-16(6-7-20-17)21-8-11-24-12-9-21/h2-3,6-7,10,13-15H,4-5,8-9,11-12H2,1H3/t14-/m1/s1. The van der Waals surface area contributed by atoms with Crippen molar-refractivity contribution in [3.8, 4) is 0 Å². The molecule has 2 aromatic heterocycles. The number of furan rings is 1. The van der Waals surface area contributed by atoms with Crippen molar-refractivity contribution in [2.45, 2.75) is 31.8 Å². The van der Waals surface area contributed by atoms with Gasteiger partial charge in [0.25, 0.3) is 5.91 Å². The van der Waals surface area contributed by atoms with Crippen LogP contribution in [0, 0.1) is 0 Å². The van der Waals surface area contributed by atoms with Crippen LogP contribution in [-0.2, 0) is 4.74 Å². The third kappa shape index (κ3) is 3.39. The van der Waals surface area contributed by atoms with Gasteiger partial charge in [0, 0.05) is 31.0 Å². The molecule has 2 aliphatic rings. The van der Waals surface area contributed by atoms with E-state index in [1.165, 1.54) is 0 Å². The lowest BCUT2D eigenvalue weighted by Gasteiger charge is -2.30. The molecule has 0 N–H and O–H groups in total. The highest BCUT2D eigenvalue weighted by atomic mass is 16.5. The third-order valence-corrected chi connectivity index (χ3v) is 4.89. The van der Waals surface area contributed by atoms with E-state index in [1.807, 2.05) is 36.1 Å². The number of morpholine rings is 1. The first-order valence-electron chi connectivity index (χ1n) is 8.89. The van der Waals surface area contributed by atoms with Crippen LogP contribution in [0.4, 0.5) is 5.69 Å². The lowest BCUT2D eigenvalue weighted by Crippen LogP contribution is -2.37. The molecule has 0 spiro atoms. The highest BCUT2D eigenvalue weighted by Crippen LogP contribution is 2.35. The monoisotopic (exact) mass is 341 g/mol. The van der Waals surface area contributed by atoms with Gasteiger partial charge in [0.1, 0.15) is 11.5 Å². The molecule has 1 atom stereocenters. The molecule has 132 valence electrons. The van der Waals surface area contributed by atoms with Crippen LogP contribution in [0.1, 0.15) is 42.1 Å². The van der Waals surface area contributed by atoms with Gasteiger partial charge in [-0.3, -0.25) is 9.78 Å². The fraction of sp³-hybridized carbons (Fsp3) is 0.474. The fourth-order valence-corrected chi connectivity index (χ4v) is 3.36. The molecule has 2 aromatic rings. The largest absolute Gasteiger partial charge is 0.467 e. The fourth-order valence-electron chi connectivity index (χ4n) is 3.36. The van der Waals surface area contributed by atoms with Crippen LogP contribution in [0.2, 0.25) is 0 Å². The summed E-state index contributed by atoms with van der Waals surface area (Å²) in [7, 11) is 0. The maximum atomic E-state index is 13.2. The molecular weight excluding hydrogens is 318 g/mol. The van der Waals surface area contributed by atoms with Gasteiger partial charge in [0.15, 0.2) is 0 Å². The minimum absolute atomic E-state index is 0.0264. The van der Waals surface area contributed by atoms with Crippen molar-refractivity contribution in [1.29, 1.82) is 0 Å². The van der Waals surface area contributed by atoms with E-state index in [0.717, 1.165) is 50.6 Å². The molecule has 1 amide bonds. The lowest BCUT2D eigenvalue weighted by atomic mass is 10.1. The number of hydrogen-bond donors (Lipinski definition) is 0. The molecule has 1 saturated carbocycles. The zero-order chi connectivity index (χ0) is 17.2. The van der Waals surface area contributed by atoms with Crippen molar-refractivity contribution in [2.24, 2.45) is 0 Å². The molecule has 0 radical (unpaired) electrons. The number of pyridine rings is 1.